The molecule has 3 aliphatic rings. The summed E-state index contributed by atoms with van der Waals surface area (Å²) < 4.78 is 51.3. The zero-order valence-electron chi connectivity index (χ0n) is 41.8. The van der Waals surface area contributed by atoms with Gasteiger partial charge in [-0.1, -0.05) is 12.1 Å². The Bertz CT molecular complexity index is 2970. The number of hydrogen-bond donors (Lipinski definition) is 3. The maximum atomic E-state index is 13.4. The minimum Gasteiger partial charge on any atom is -0.497 e. The number of benzene rings is 4. The van der Waals surface area contributed by atoms with Crippen molar-refractivity contribution in [3.63, 3.8) is 0 Å². The Morgan fingerprint density at radius 3 is 1.55 bits per heavy atom. The summed E-state index contributed by atoms with van der Waals surface area (Å²) in [5, 5.41) is 14.8. The molecule has 0 saturated carbocycles. The van der Waals surface area contributed by atoms with Crippen molar-refractivity contribution in [3.8, 4) is 33.8 Å². The predicted molar refractivity (Wildman–Crippen MR) is 275 cm³/mol. The number of rotatable bonds is 15. The molecule has 18 heteroatoms. The van der Waals surface area contributed by atoms with Crippen LogP contribution in [0.3, 0.4) is 0 Å². The van der Waals surface area contributed by atoms with E-state index < -0.39 is 10.1 Å². The predicted octanol–water partition coefficient (Wildman–Crippen LogP) is 6.64. The van der Waals surface area contributed by atoms with E-state index in [1.807, 2.05) is 126 Å². The van der Waals surface area contributed by atoms with Gasteiger partial charge in [0.05, 0.1) is 57.7 Å². The number of aryl methyl sites for hydroxylation is 4. The Morgan fingerprint density at radius 1 is 0.690 bits per heavy atom. The number of methoxy groups -OCH3 is 2. The highest BCUT2D eigenvalue weighted by molar-refractivity contribution is 7.85. The second-order valence-corrected chi connectivity index (χ2v) is 20.4. The molecule has 0 bridgehead atoms. The van der Waals surface area contributed by atoms with Gasteiger partial charge in [0.25, 0.3) is 21.9 Å². The highest BCUT2D eigenvalue weighted by Gasteiger charge is 2.34. The number of amides is 2. The zero-order chi connectivity index (χ0) is 50.6. The minimum absolute atomic E-state index is 0.0714. The maximum Gasteiger partial charge on any atom is 0.265 e. The molecule has 2 amide bonds. The number of ether oxygens (including phenoxy) is 3. The molecule has 3 saturated heterocycles. The van der Waals surface area contributed by atoms with Crippen LogP contribution in [0.5, 0.6) is 11.5 Å². The number of aromatic nitrogens is 4. The third kappa shape index (κ3) is 12.4. The summed E-state index contributed by atoms with van der Waals surface area (Å²) in [4.78, 5) is 33.4. The first-order chi connectivity index (χ1) is 33.9. The highest BCUT2D eigenvalue weighted by Crippen LogP contribution is 2.33. The summed E-state index contributed by atoms with van der Waals surface area (Å²) in [5.74, 6) is 0.805. The van der Waals surface area contributed by atoms with Gasteiger partial charge in [-0.25, -0.2) is 0 Å². The van der Waals surface area contributed by atoms with Gasteiger partial charge < -0.3 is 34.6 Å². The number of nitrogens with one attached hydrogen (secondary N) is 2. The van der Waals surface area contributed by atoms with Crippen molar-refractivity contribution in [3.05, 3.63) is 131 Å². The van der Waals surface area contributed by atoms with Crippen LogP contribution in [-0.4, -0.2) is 128 Å². The second kappa shape index (κ2) is 21.7. The Hall–Kier alpha value is -6.73. The normalized spacial score (nSPS) is 16.2. The van der Waals surface area contributed by atoms with Crippen LogP contribution in [0.25, 0.3) is 22.3 Å². The van der Waals surface area contributed by atoms with Crippen LogP contribution in [-0.2, 0) is 29.0 Å². The molecule has 6 aromatic rings. The molecule has 3 fully saturated rings. The number of morpholine rings is 1. The number of anilines is 2. The monoisotopic (exact) mass is 987 g/mol. The number of carbonyl (C=O) groups is 2. The quantitative estimate of drug-likeness (QED) is 0.0932. The fourth-order valence-electron chi connectivity index (χ4n) is 9.30. The van der Waals surface area contributed by atoms with Gasteiger partial charge in [0.2, 0.25) is 0 Å². The lowest BCUT2D eigenvalue weighted by Gasteiger charge is -2.47. The molecule has 2 atom stereocenters. The van der Waals surface area contributed by atoms with Gasteiger partial charge in [-0.3, -0.25) is 28.4 Å². The minimum atomic E-state index is -3.99. The van der Waals surface area contributed by atoms with E-state index in [1.54, 1.807) is 29.8 Å². The van der Waals surface area contributed by atoms with E-state index in [1.165, 1.54) is 0 Å². The van der Waals surface area contributed by atoms with Crippen molar-refractivity contribution < 1.29 is 36.8 Å². The summed E-state index contributed by atoms with van der Waals surface area (Å²) in [7, 11) is 3.04. The molecule has 3 aliphatic heterocycles. The van der Waals surface area contributed by atoms with Crippen LogP contribution in [0.1, 0.15) is 68.9 Å². The van der Waals surface area contributed by atoms with Crippen molar-refractivity contribution in [2.24, 2.45) is 20.0 Å². The van der Waals surface area contributed by atoms with Crippen molar-refractivity contribution in [1.29, 1.82) is 0 Å². The first-order valence-corrected chi connectivity index (χ1v) is 25.5. The SMILES string of the molecule is COc1cc(-c2cnn(C)c2)cc([C@@H](C)NC(=O)c2cc(N3CC(CS(=O)(=O)O)C3)ccc2C)c1.COc1cc(-c2cnn(C)c2)cc([C@@H](C)NC(=O)c2cc(N3CC(N4CCOCC4)C3)ccc2C)c1. The highest BCUT2D eigenvalue weighted by atomic mass is 32.2. The molecule has 0 unspecified atom stereocenters. The lowest BCUT2D eigenvalue weighted by Crippen LogP contribution is -2.61. The fourth-order valence-corrected chi connectivity index (χ4v) is 10.1. The van der Waals surface area contributed by atoms with E-state index in [0.717, 1.165) is 101 Å². The molecule has 17 nitrogen and oxygen atoms in total. The smallest absolute Gasteiger partial charge is 0.265 e. The fraction of sp³-hybridized carbons (Fsp3) is 0.396. The molecule has 376 valence electrons. The van der Waals surface area contributed by atoms with Crippen molar-refractivity contribution in [1.82, 2.24) is 35.1 Å². The summed E-state index contributed by atoms with van der Waals surface area (Å²) in [6, 6.07) is 23.8. The van der Waals surface area contributed by atoms with E-state index in [-0.39, 0.29) is 35.6 Å². The third-order valence-corrected chi connectivity index (χ3v) is 14.5. The molecule has 0 radical (unpaired) electrons. The third-order valence-electron chi connectivity index (χ3n) is 13.6. The number of hydrogen-bond acceptors (Lipinski definition) is 12. The van der Waals surface area contributed by atoms with Crippen LogP contribution < -0.4 is 29.9 Å². The van der Waals surface area contributed by atoms with Crippen molar-refractivity contribution in [2.45, 2.75) is 45.8 Å². The van der Waals surface area contributed by atoms with E-state index >= 15 is 0 Å². The van der Waals surface area contributed by atoms with Crippen molar-refractivity contribution >= 4 is 33.3 Å². The first kappa shape index (κ1) is 50.7. The Labute approximate surface area is 416 Å². The topological polar surface area (TPSA) is 186 Å². The summed E-state index contributed by atoms with van der Waals surface area (Å²) >= 11 is 0. The molecule has 9 rings (SSSR count). The van der Waals surface area contributed by atoms with Gasteiger partial charge in [-0.2, -0.15) is 18.6 Å². The largest absolute Gasteiger partial charge is 0.497 e. The van der Waals surface area contributed by atoms with E-state index in [9.17, 15) is 18.0 Å². The van der Waals surface area contributed by atoms with Crippen LogP contribution in [0.2, 0.25) is 0 Å². The van der Waals surface area contributed by atoms with E-state index in [0.29, 0.717) is 36.0 Å². The summed E-state index contributed by atoms with van der Waals surface area (Å²) in [6.45, 7) is 14.5. The first-order valence-electron chi connectivity index (χ1n) is 23.9. The molecule has 3 N–H and O–H groups in total. The van der Waals surface area contributed by atoms with E-state index in [2.05, 4.69) is 42.8 Å². The molecular formula is C53H65N9O8S. The second-order valence-electron chi connectivity index (χ2n) is 18.9. The molecule has 4 aromatic carbocycles. The van der Waals surface area contributed by atoms with Crippen molar-refractivity contribution in [2.75, 3.05) is 82.3 Å². The zero-order valence-corrected chi connectivity index (χ0v) is 42.6. The van der Waals surface area contributed by atoms with Crippen LogP contribution in [0.4, 0.5) is 11.4 Å². The molecule has 2 aromatic heterocycles. The van der Waals surface area contributed by atoms with Gasteiger partial charge in [0.15, 0.2) is 0 Å². The number of carbonyl (C=O) groups excluding carboxylic acids is 2. The maximum absolute atomic E-state index is 13.4. The Morgan fingerprint density at radius 2 is 1.14 bits per heavy atom. The van der Waals surface area contributed by atoms with Crippen LogP contribution >= 0.6 is 0 Å². The molecule has 0 aliphatic carbocycles. The molecule has 5 heterocycles. The Balaban J connectivity index is 0.000000191. The lowest BCUT2D eigenvalue weighted by molar-refractivity contribution is 0.0105. The van der Waals surface area contributed by atoms with Gasteiger partial charge in [-0.05, 0) is 122 Å². The summed E-state index contributed by atoms with van der Waals surface area (Å²) in [6.07, 6.45) is 7.51. The molecular weight excluding hydrogens is 923 g/mol. The van der Waals surface area contributed by atoms with Gasteiger partial charge in [0, 0.05) is 111 Å². The standard InChI is InChI=1S/C28H35N5O3.C25H30N4O5S/c1-19-5-6-24(33-17-25(18-33)32-7-9-36-10-8-32)14-27(19)28(34)30-20(2)21-11-22(13-26(12-21)35-4)23-15-29-31(3)16-23;1-16-5-6-22(29-12-18(13-29)15-35(31,32)33)10-24(16)25(30)27-17(2)19-7-20(9-23(8-19)34-4)21-11-26-28(3)14-21/h5-6,11-16,20,25H,7-10,17-18H2,1-4H3,(H,30,34);5-11,14,17-18H,12-13,15H2,1-4H3,(H,27,30)(H,31,32,33)/t20-;17-/m11/s1. The van der Waals surface area contributed by atoms with Gasteiger partial charge >= 0.3 is 0 Å². The average Bonchev–Trinajstić information content (AvgIpc) is 3.98. The molecule has 0 spiro atoms. The number of nitrogens with zero attached hydrogens (tertiary/aromatic N) is 7. The average molecular weight is 988 g/mol. The van der Waals surface area contributed by atoms with E-state index in [4.69, 9.17) is 18.8 Å². The Kier molecular flexibility index (Phi) is 15.5. The summed E-state index contributed by atoms with van der Waals surface area (Å²) in [5.41, 5.74) is 10.8. The van der Waals surface area contributed by atoms with Crippen LogP contribution in [0, 0.1) is 19.8 Å². The lowest BCUT2D eigenvalue weighted by atomic mass is 9.98. The molecule has 71 heavy (non-hydrogen) atoms. The van der Waals surface area contributed by atoms with Gasteiger partial charge in [0.1, 0.15) is 11.5 Å². The van der Waals surface area contributed by atoms with Crippen LogP contribution in [0.15, 0.2) is 97.6 Å². The van der Waals surface area contributed by atoms with Gasteiger partial charge in [-0.15, -0.1) is 0 Å².